The summed E-state index contributed by atoms with van der Waals surface area (Å²) >= 11 is 0. The highest BCUT2D eigenvalue weighted by Crippen LogP contribution is 2.13. The van der Waals surface area contributed by atoms with Gasteiger partial charge >= 0.3 is 8.56 Å². The molecule has 2 nitrogen and oxygen atoms in total. The van der Waals surface area contributed by atoms with E-state index in [4.69, 9.17) is 8.23 Å². The van der Waals surface area contributed by atoms with Gasteiger partial charge in [0.2, 0.25) is 10.5 Å². The van der Waals surface area contributed by atoms with Crippen LogP contribution in [-0.4, -0.2) is 27.4 Å². The van der Waals surface area contributed by atoms with E-state index in [2.05, 4.69) is 30.1 Å². The first kappa shape index (κ1) is 10.6. The van der Waals surface area contributed by atoms with E-state index in [1.807, 2.05) is 13.1 Å². The Balaban J connectivity index is 3.89. The van der Waals surface area contributed by atoms with E-state index in [9.17, 15) is 0 Å². The smallest absolute Gasteiger partial charge is 0.310 e. The minimum atomic E-state index is -1.84. The molecule has 0 amide bonds. The minimum Gasteiger partial charge on any atom is -0.437 e. The molecule has 0 saturated heterocycles. The molecule has 0 aromatic carbocycles. The third-order valence-corrected chi connectivity index (χ3v) is 7.18. The van der Waals surface area contributed by atoms with Crippen LogP contribution in [0.15, 0.2) is 0 Å². The van der Waals surface area contributed by atoms with Gasteiger partial charge in [0.15, 0.2) is 8.32 Å². The average molecular weight is 191 g/mol. The maximum absolute atomic E-state index is 5.78. The Labute approximate surface area is 68.9 Å². The van der Waals surface area contributed by atoms with E-state index in [1.54, 1.807) is 0 Å². The van der Waals surface area contributed by atoms with Crippen molar-refractivity contribution in [3.05, 3.63) is 0 Å². The molecule has 0 aliphatic carbocycles. The fraction of sp³-hybridized carbons (Fsp3) is 1.00. The molecule has 59 valence electrons. The summed E-state index contributed by atoms with van der Waals surface area (Å²) < 4.78 is 10.9. The van der Waals surface area contributed by atoms with Gasteiger partial charge in [0.1, 0.15) is 0 Å². The summed E-state index contributed by atoms with van der Waals surface area (Å²) in [4.78, 5) is 0. The molecule has 0 rings (SSSR count). The molecule has 0 heterocycles. The van der Waals surface area contributed by atoms with Crippen LogP contribution in [0.2, 0.25) is 32.7 Å². The van der Waals surface area contributed by atoms with Gasteiger partial charge < -0.3 is 8.23 Å². The van der Waals surface area contributed by atoms with E-state index in [1.165, 1.54) is 0 Å². The lowest BCUT2D eigenvalue weighted by Gasteiger charge is -2.29. The van der Waals surface area contributed by atoms with Gasteiger partial charge in [-0.1, -0.05) is 0 Å². The van der Waals surface area contributed by atoms with Crippen molar-refractivity contribution in [1.29, 1.82) is 0 Å². The normalized spacial score (nSPS) is 13.8. The van der Waals surface area contributed by atoms with Crippen LogP contribution < -0.4 is 0 Å². The molecule has 0 unspecified atom stereocenters. The van der Waals surface area contributed by atoms with Gasteiger partial charge in [-0.3, -0.25) is 0 Å². The fourth-order valence-electron chi connectivity index (χ4n) is 0.758. The lowest BCUT2D eigenvalue weighted by atomic mass is 11.8. The molecule has 0 aliphatic heterocycles. The fourth-order valence-corrected chi connectivity index (χ4v) is 7.20. The Bertz CT molecular complexity index is 108. The zero-order valence-corrected chi connectivity index (χ0v) is 10.3. The second-order valence-electron chi connectivity index (χ2n) is 3.72. The number of hydrogen-bond donors (Lipinski definition) is 0. The summed E-state index contributed by atoms with van der Waals surface area (Å²) in [6.45, 7) is 10.5. The number of hydrogen-bond acceptors (Lipinski definition) is 2. The molecule has 10 heavy (non-hydrogen) atoms. The molecular formula is C5H15O2Si3. The summed E-state index contributed by atoms with van der Waals surface area (Å²) in [5.41, 5.74) is 0. The molecule has 0 aliphatic rings. The zero-order valence-electron chi connectivity index (χ0n) is 7.32. The third kappa shape index (κ3) is 5.36. The van der Waals surface area contributed by atoms with Crippen molar-refractivity contribution >= 4 is 27.4 Å². The van der Waals surface area contributed by atoms with Crippen molar-refractivity contribution in [1.82, 2.24) is 0 Å². The van der Waals surface area contributed by atoms with Crippen molar-refractivity contribution in [3.63, 3.8) is 0 Å². The largest absolute Gasteiger partial charge is 0.437 e. The van der Waals surface area contributed by atoms with Gasteiger partial charge in [0, 0.05) is 0 Å². The highest BCUT2D eigenvalue weighted by molar-refractivity contribution is 6.82. The predicted molar refractivity (Wildman–Crippen MR) is 48.8 cm³/mol. The van der Waals surface area contributed by atoms with E-state index >= 15 is 0 Å². The molecule has 0 saturated carbocycles. The first-order valence-corrected chi connectivity index (χ1v) is 9.95. The van der Waals surface area contributed by atoms with Crippen molar-refractivity contribution in [3.8, 4) is 0 Å². The first-order chi connectivity index (χ1) is 4.27. The van der Waals surface area contributed by atoms with Gasteiger partial charge in [-0.15, -0.1) is 0 Å². The quantitative estimate of drug-likeness (QED) is 0.632. The lowest BCUT2D eigenvalue weighted by Crippen LogP contribution is -2.44. The van der Waals surface area contributed by atoms with Crippen LogP contribution >= 0.6 is 0 Å². The van der Waals surface area contributed by atoms with Crippen LogP contribution in [0.1, 0.15) is 0 Å². The minimum absolute atomic E-state index is 1.41. The molecule has 0 fully saturated rings. The maximum atomic E-state index is 5.78. The van der Waals surface area contributed by atoms with E-state index in [0.29, 0.717) is 0 Å². The Morgan fingerprint density at radius 2 is 1.40 bits per heavy atom. The molecule has 0 aromatic heterocycles. The molecule has 0 bridgehead atoms. The summed E-state index contributed by atoms with van der Waals surface area (Å²) in [6.07, 6.45) is 0. The average Bonchev–Trinajstić information content (AvgIpc) is 1.60. The molecule has 3 radical (unpaired) electrons. The highest BCUT2D eigenvalue weighted by atomic mass is 28.5. The molecule has 0 atom stereocenters. The molecule has 5 heteroatoms. The second-order valence-corrected chi connectivity index (χ2v) is 12.4. The molecular weight excluding hydrogens is 176 g/mol. The van der Waals surface area contributed by atoms with Crippen LogP contribution in [0, 0.1) is 0 Å². The Morgan fingerprint density at radius 3 is 1.50 bits per heavy atom. The SMILES string of the molecule is C[Si](C)(C)O[Si](C)(C)O[Si]. The lowest BCUT2D eigenvalue weighted by molar-refractivity contribution is 0.418. The van der Waals surface area contributed by atoms with Gasteiger partial charge in [0.25, 0.3) is 0 Å². The van der Waals surface area contributed by atoms with Crippen molar-refractivity contribution in [2.75, 3.05) is 0 Å². The van der Waals surface area contributed by atoms with E-state index < -0.39 is 16.9 Å². The molecule has 0 N–H and O–H groups in total. The molecule has 0 spiro atoms. The Hall–Kier alpha value is 0.571. The summed E-state index contributed by atoms with van der Waals surface area (Å²) in [6, 6.07) is 0. The summed E-state index contributed by atoms with van der Waals surface area (Å²) in [7, 11) is -0.216. The molecule has 0 aromatic rings. The second kappa shape index (κ2) is 3.31. The van der Waals surface area contributed by atoms with Crippen LogP contribution in [-0.2, 0) is 8.23 Å². The summed E-state index contributed by atoms with van der Waals surface area (Å²) in [5, 5.41) is 0. The van der Waals surface area contributed by atoms with Gasteiger partial charge in [-0.2, -0.15) is 0 Å². The monoisotopic (exact) mass is 191 g/mol. The topological polar surface area (TPSA) is 18.5 Å². The van der Waals surface area contributed by atoms with Crippen molar-refractivity contribution < 1.29 is 8.23 Å². The maximum Gasteiger partial charge on any atom is 0.310 e. The van der Waals surface area contributed by atoms with Gasteiger partial charge in [-0.05, 0) is 32.7 Å². The predicted octanol–water partition coefficient (Wildman–Crippen LogP) is 1.64. The van der Waals surface area contributed by atoms with Gasteiger partial charge in [0.05, 0.1) is 0 Å². The Kier molecular flexibility index (Phi) is 3.50. The Morgan fingerprint density at radius 1 is 1.00 bits per heavy atom. The van der Waals surface area contributed by atoms with Crippen LogP contribution in [0.5, 0.6) is 0 Å². The van der Waals surface area contributed by atoms with Crippen LogP contribution in [0.3, 0.4) is 0 Å². The van der Waals surface area contributed by atoms with Crippen molar-refractivity contribution in [2.45, 2.75) is 32.7 Å². The first-order valence-electron chi connectivity index (χ1n) is 3.32. The highest BCUT2D eigenvalue weighted by Gasteiger charge is 2.29. The van der Waals surface area contributed by atoms with E-state index in [0.717, 1.165) is 0 Å². The van der Waals surface area contributed by atoms with E-state index in [-0.39, 0.29) is 0 Å². The zero-order chi connectivity index (χ0) is 8.41. The van der Waals surface area contributed by atoms with Crippen LogP contribution in [0.25, 0.3) is 0 Å². The standard InChI is InChI=1S/C5H15O2Si3/c1-9(2,3)7-10(4,5)6-8/h1-5H3. The van der Waals surface area contributed by atoms with Gasteiger partial charge in [-0.25, -0.2) is 0 Å². The number of rotatable bonds is 3. The third-order valence-electron chi connectivity index (χ3n) is 0.798. The van der Waals surface area contributed by atoms with Crippen LogP contribution in [0.4, 0.5) is 0 Å². The van der Waals surface area contributed by atoms with Crippen molar-refractivity contribution in [2.24, 2.45) is 0 Å². The summed E-state index contributed by atoms with van der Waals surface area (Å²) in [5.74, 6) is 0.